The summed E-state index contributed by atoms with van der Waals surface area (Å²) in [6.45, 7) is 0. The molecule has 7 rings (SSSR count). The molecule has 1 amide bonds. The van der Waals surface area contributed by atoms with Gasteiger partial charge in [-0.3, -0.25) is 14.2 Å². The summed E-state index contributed by atoms with van der Waals surface area (Å²) in [6, 6.07) is 17.2. The number of terminal acetylenes is 1. The van der Waals surface area contributed by atoms with E-state index in [1.165, 1.54) is 18.2 Å². The highest BCUT2D eigenvalue weighted by Gasteiger charge is 2.27. The van der Waals surface area contributed by atoms with E-state index in [0.717, 1.165) is 23.2 Å². The Labute approximate surface area is 251 Å². The monoisotopic (exact) mass is 580 g/mol. The molecule has 0 saturated heterocycles. The number of rotatable bonds is 6. The number of nitrogens with one attached hydrogen (secondary N) is 1. The quantitative estimate of drug-likeness (QED) is 0.196. The molecule has 4 aromatic heterocycles. The normalized spacial score (nSPS) is 13.8. The summed E-state index contributed by atoms with van der Waals surface area (Å²) in [7, 11) is 0. The zero-order valence-electron chi connectivity index (χ0n) is 23.2. The standard InChI is InChI=1S/C33H24N8O3/c1-2-19-17-28(40-14-4-13-36-40)38-32-29(19)39-31(25-5-3-12-35-30(25)34)41(32)23-8-9-24-20(16-23)6-10-26(24)37-33(44)21-7-11-27(43)22(15-21)18-42/h1,3-5,7-9,11-18,26,43H,6,10H2,(H2,34,35)(H,37,44)/t26-/m0/s1. The maximum absolute atomic E-state index is 13.0. The second kappa shape index (κ2) is 10.5. The van der Waals surface area contributed by atoms with Crippen LogP contribution in [-0.2, 0) is 6.42 Å². The lowest BCUT2D eigenvalue weighted by Gasteiger charge is -2.16. The van der Waals surface area contributed by atoms with Crippen LogP contribution in [0.5, 0.6) is 5.75 Å². The van der Waals surface area contributed by atoms with Crippen molar-refractivity contribution in [1.29, 1.82) is 0 Å². The Morgan fingerprint density at radius 1 is 1.11 bits per heavy atom. The van der Waals surface area contributed by atoms with Crippen molar-refractivity contribution in [2.24, 2.45) is 0 Å². The third-order valence-electron chi connectivity index (χ3n) is 7.76. The number of fused-ring (bicyclic) bond motifs is 2. The van der Waals surface area contributed by atoms with Crippen molar-refractivity contribution < 1.29 is 14.7 Å². The number of carbonyl (C=O) groups excluding carboxylic acids is 2. The number of carbonyl (C=O) groups is 2. The zero-order valence-corrected chi connectivity index (χ0v) is 23.2. The van der Waals surface area contributed by atoms with Crippen LogP contribution in [0, 0.1) is 12.3 Å². The van der Waals surface area contributed by atoms with Crippen molar-refractivity contribution in [3.63, 3.8) is 0 Å². The van der Waals surface area contributed by atoms with Crippen molar-refractivity contribution in [2.75, 3.05) is 5.73 Å². The molecule has 0 saturated carbocycles. The lowest BCUT2D eigenvalue weighted by Crippen LogP contribution is -2.27. The number of pyridine rings is 2. The maximum atomic E-state index is 13.0. The number of hydrogen-bond donors (Lipinski definition) is 3. The number of phenols is 1. The Morgan fingerprint density at radius 3 is 2.77 bits per heavy atom. The van der Waals surface area contributed by atoms with Gasteiger partial charge in [0, 0.05) is 35.9 Å². The minimum Gasteiger partial charge on any atom is -0.507 e. The molecular weight excluding hydrogens is 556 g/mol. The van der Waals surface area contributed by atoms with Gasteiger partial charge in [-0.05, 0) is 72.5 Å². The molecule has 4 heterocycles. The Bertz CT molecular complexity index is 2140. The number of benzene rings is 2. The number of phenolic OH excluding ortho intramolecular Hbond substituents is 1. The molecule has 0 aliphatic heterocycles. The first-order valence-corrected chi connectivity index (χ1v) is 13.8. The molecule has 1 aliphatic carbocycles. The van der Waals surface area contributed by atoms with Gasteiger partial charge in [-0.2, -0.15) is 5.10 Å². The predicted molar refractivity (Wildman–Crippen MR) is 164 cm³/mol. The van der Waals surface area contributed by atoms with Crippen molar-refractivity contribution in [2.45, 2.75) is 18.9 Å². The number of anilines is 1. The number of nitrogens with zero attached hydrogens (tertiary/aromatic N) is 6. The van der Waals surface area contributed by atoms with E-state index in [4.69, 9.17) is 22.1 Å². The Hall–Kier alpha value is -6.28. The average molecular weight is 581 g/mol. The molecule has 6 aromatic rings. The summed E-state index contributed by atoms with van der Waals surface area (Å²) < 4.78 is 3.55. The first-order chi connectivity index (χ1) is 21.4. The molecule has 1 aliphatic rings. The van der Waals surface area contributed by atoms with Crippen LogP contribution < -0.4 is 11.1 Å². The van der Waals surface area contributed by atoms with Crippen LogP contribution in [0.2, 0.25) is 0 Å². The highest BCUT2D eigenvalue weighted by atomic mass is 16.3. The van der Waals surface area contributed by atoms with Gasteiger partial charge in [-0.1, -0.05) is 12.0 Å². The van der Waals surface area contributed by atoms with Crippen LogP contribution in [0.25, 0.3) is 34.1 Å². The predicted octanol–water partition coefficient (Wildman–Crippen LogP) is 4.17. The molecular formula is C33H24N8O3. The van der Waals surface area contributed by atoms with Crippen LogP contribution >= 0.6 is 0 Å². The summed E-state index contributed by atoms with van der Waals surface area (Å²) in [4.78, 5) is 38.4. The largest absolute Gasteiger partial charge is 0.507 e. The number of amides is 1. The lowest BCUT2D eigenvalue weighted by molar-refractivity contribution is 0.0936. The fraction of sp³-hybridized carbons (Fsp3) is 0.0909. The number of hydrogen-bond acceptors (Lipinski definition) is 8. The number of nitrogen functional groups attached to an aromatic ring is 1. The number of nitrogens with two attached hydrogens (primary N) is 1. The van der Waals surface area contributed by atoms with Crippen molar-refractivity contribution >= 4 is 29.2 Å². The number of imidazole rings is 1. The highest BCUT2D eigenvalue weighted by Crippen LogP contribution is 2.36. The van der Waals surface area contributed by atoms with E-state index >= 15 is 0 Å². The molecule has 0 bridgehead atoms. The van der Waals surface area contributed by atoms with Gasteiger partial charge < -0.3 is 16.2 Å². The molecule has 0 radical (unpaired) electrons. The van der Waals surface area contributed by atoms with Crippen molar-refractivity contribution in [1.82, 2.24) is 34.6 Å². The van der Waals surface area contributed by atoms with E-state index < -0.39 is 0 Å². The van der Waals surface area contributed by atoms with Crippen LogP contribution in [-0.4, -0.2) is 46.6 Å². The molecule has 44 heavy (non-hydrogen) atoms. The number of aromatic hydroxyl groups is 1. The molecule has 11 nitrogen and oxygen atoms in total. The molecule has 2 aromatic carbocycles. The minimum atomic E-state index is -0.331. The van der Waals surface area contributed by atoms with Gasteiger partial charge in [0.1, 0.15) is 17.1 Å². The first-order valence-electron chi connectivity index (χ1n) is 13.8. The summed E-state index contributed by atoms with van der Waals surface area (Å²) in [5, 5.41) is 17.2. The zero-order chi connectivity index (χ0) is 30.4. The second-order valence-electron chi connectivity index (χ2n) is 10.3. The number of aromatic nitrogens is 6. The summed E-state index contributed by atoms with van der Waals surface area (Å²) in [5.74, 6) is 3.63. The Balaban J connectivity index is 1.33. The van der Waals surface area contributed by atoms with Crippen molar-refractivity contribution in [3.05, 3.63) is 107 Å². The molecule has 4 N–H and O–H groups in total. The van der Waals surface area contributed by atoms with E-state index in [-0.39, 0.29) is 23.3 Å². The molecule has 1 atom stereocenters. The van der Waals surface area contributed by atoms with Gasteiger partial charge in [-0.15, -0.1) is 6.42 Å². The first kappa shape index (κ1) is 26.6. The smallest absolute Gasteiger partial charge is 0.251 e. The van der Waals surface area contributed by atoms with Gasteiger partial charge in [-0.25, -0.2) is 19.6 Å². The number of aldehydes is 1. The SMILES string of the molecule is C#Cc1cc(-n2cccn2)nc2c1nc(-c1cccnc1N)n2-c1ccc2c(c1)CC[C@@H]2NC(=O)c1ccc(O)c(C=O)c1. The average Bonchev–Trinajstić information content (AvgIpc) is 3.80. The molecule has 0 unspecified atom stereocenters. The number of aryl methyl sites for hydroxylation is 1. The fourth-order valence-corrected chi connectivity index (χ4v) is 5.62. The van der Waals surface area contributed by atoms with Crippen LogP contribution in [0.3, 0.4) is 0 Å². The maximum Gasteiger partial charge on any atom is 0.251 e. The summed E-state index contributed by atoms with van der Waals surface area (Å²) >= 11 is 0. The topological polar surface area (TPSA) is 154 Å². The highest BCUT2D eigenvalue weighted by molar-refractivity contribution is 5.97. The van der Waals surface area contributed by atoms with E-state index in [1.54, 1.807) is 41.5 Å². The summed E-state index contributed by atoms with van der Waals surface area (Å²) in [6.07, 6.45) is 13.0. The van der Waals surface area contributed by atoms with Gasteiger partial charge in [0.05, 0.1) is 22.7 Å². The third kappa shape index (κ3) is 4.42. The van der Waals surface area contributed by atoms with Crippen molar-refractivity contribution in [3.8, 4) is 41.0 Å². The van der Waals surface area contributed by atoms with E-state index in [1.807, 2.05) is 22.8 Å². The fourth-order valence-electron chi connectivity index (χ4n) is 5.62. The van der Waals surface area contributed by atoms with E-state index in [9.17, 15) is 14.7 Å². The van der Waals surface area contributed by atoms with Gasteiger partial charge in [0.25, 0.3) is 5.91 Å². The Morgan fingerprint density at radius 2 is 2.00 bits per heavy atom. The van der Waals surface area contributed by atoms with Gasteiger partial charge in [0.2, 0.25) is 0 Å². The molecule has 0 spiro atoms. The molecule has 214 valence electrons. The van der Waals surface area contributed by atoms with Gasteiger partial charge in [0.15, 0.2) is 23.6 Å². The third-order valence-corrected chi connectivity index (χ3v) is 7.76. The van der Waals surface area contributed by atoms with Gasteiger partial charge >= 0.3 is 0 Å². The molecule has 0 fully saturated rings. The van der Waals surface area contributed by atoms with Crippen LogP contribution in [0.1, 0.15) is 49.9 Å². The van der Waals surface area contributed by atoms with Crippen LogP contribution in [0.4, 0.5) is 5.82 Å². The van der Waals surface area contributed by atoms with Crippen LogP contribution in [0.15, 0.2) is 79.3 Å². The summed E-state index contributed by atoms with van der Waals surface area (Å²) in [5.41, 5.74) is 11.8. The van der Waals surface area contributed by atoms with E-state index in [2.05, 4.69) is 27.4 Å². The minimum absolute atomic E-state index is 0.0593. The Kier molecular flexibility index (Phi) is 6.36. The molecule has 11 heteroatoms. The lowest BCUT2D eigenvalue weighted by atomic mass is 10.1. The van der Waals surface area contributed by atoms with E-state index in [0.29, 0.717) is 58.0 Å². The second-order valence-corrected chi connectivity index (χ2v) is 10.3.